The average Bonchev–Trinajstić information content (AvgIpc) is 3.36. The molecule has 0 fully saturated rings. The number of aromatic nitrogens is 5. The van der Waals surface area contributed by atoms with Crippen molar-refractivity contribution in [2.75, 3.05) is 5.73 Å². The minimum Gasteiger partial charge on any atom is -0.378 e. The maximum absolute atomic E-state index is 12.8. The number of hydrazone groups is 1. The van der Waals surface area contributed by atoms with Crippen molar-refractivity contribution in [3.05, 3.63) is 69.8 Å². The van der Waals surface area contributed by atoms with Crippen LogP contribution in [0.15, 0.2) is 58.3 Å². The summed E-state index contributed by atoms with van der Waals surface area (Å²) in [7, 11) is 0. The van der Waals surface area contributed by atoms with Crippen LogP contribution in [0.25, 0.3) is 17.1 Å². The fourth-order valence-electron chi connectivity index (χ4n) is 2.60. The van der Waals surface area contributed by atoms with Crippen LogP contribution in [-0.2, 0) is 0 Å². The van der Waals surface area contributed by atoms with Gasteiger partial charge in [-0.05, 0) is 22.4 Å². The van der Waals surface area contributed by atoms with E-state index in [4.69, 9.17) is 28.9 Å². The van der Waals surface area contributed by atoms with Gasteiger partial charge < -0.3 is 5.73 Å². The van der Waals surface area contributed by atoms with E-state index in [1.165, 1.54) is 10.9 Å². The highest BCUT2D eigenvalue weighted by Crippen LogP contribution is 2.26. The number of carbonyl (C=O) groups is 1. The van der Waals surface area contributed by atoms with E-state index in [2.05, 4.69) is 35.8 Å². The van der Waals surface area contributed by atoms with Gasteiger partial charge in [0.2, 0.25) is 11.6 Å². The first-order valence-electron chi connectivity index (χ1n) is 8.42. The molecular formula is C18H12Cl2N8O2. The molecule has 0 atom stereocenters. The lowest BCUT2D eigenvalue weighted by Gasteiger charge is -2.05. The first-order chi connectivity index (χ1) is 14.5. The number of amides is 1. The van der Waals surface area contributed by atoms with E-state index in [0.29, 0.717) is 26.9 Å². The van der Waals surface area contributed by atoms with Crippen LogP contribution >= 0.6 is 23.2 Å². The molecule has 0 spiro atoms. The summed E-state index contributed by atoms with van der Waals surface area (Å²) >= 11 is 12.0. The van der Waals surface area contributed by atoms with Crippen LogP contribution in [0.2, 0.25) is 10.0 Å². The quantitative estimate of drug-likeness (QED) is 0.357. The minimum absolute atomic E-state index is 0.000518. The molecule has 4 aromatic rings. The Kier molecular flexibility index (Phi) is 5.42. The summed E-state index contributed by atoms with van der Waals surface area (Å²) in [5, 5.41) is 20.0. The Morgan fingerprint density at radius 2 is 1.97 bits per heavy atom. The number of hydrogen-bond acceptors (Lipinski definition) is 8. The highest BCUT2D eigenvalue weighted by Gasteiger charge is 2.24. The minimum atomic E-state index is -0.600. The van der Waals surface area contributed by atoms with Gasteiger partial charge in [-0.3, -0.25) is 4.79 Å². The lowest BCUT2D eigenvalue weighted by molar-refractivity contribution is 0.0950. The molecule has 1 amide bonds. The lowest BCUT2D eigenvalue weighted by Crippen LogP contribution is -2.19. The van der Waals surface area contributed by atoms with E-state index in [-0.39, 0.29) is 17.3 Å². The zero-order valence-corrected chi connectivity index (χ0v) is 16.5. The molecule has 0 saturated carbocycles. The van der Waals surface area contributed by atoms with Crippen molar-refractivity contribution in [2.45, 2.75) is 0 Å². The van der Waals surface area contributed by atoms with Gasteiger partial charge in [0, 0.05) is 16.1 Å². The number of nitrogens with zero attached hydrogens (tertiary/aromatic N) is 6. The zero-order chi connectivity index (χ0) is 21.1. The van der Waals surface area contributed by atoms with Gasteiger partial charge in [-0.15, -0.1) is 5.10 Å². The van der Waals surface area contributed by atoms with Gasteiger partial charge in [0.25, 0.3) is 5.91 Å². The van der Waals surface area contributed by atoms with Gasteiger partial charge >= 0.3 is 0 Å². The molecule has 12 heteroatoms. The molecule has 150 valence electrons. The fraction of sp³-hybridized carbons (Fsp3) is 0. The van der Waals surface area contributed by atoms with Gasteiger partial charge in [-0.2, -0.15) is 9.78 Å². The molecule has 0 aliphatic carbocycles. The Morgan fingerprint density at radius 3 is 2.67 bits per heavy atom. The summed E-state index contributed by atoms with van der Waals surface area (Å²) in [4.78, 5) is 12.8. The smallest absolute Gasteiger partial charge is 0.294 e. The summed E-state index contributed by atoms with van der Waals surface area (Å²) in [6.07, 6.45) is 1.39. The maximum Gasteiger partial charge on any atom is 0.294 e. The predicted molar refractivity (Wildman–Crippen MR) is 111 cm³/mol. The van der Waals surface area contributed by atoms with Gasteiger partial charge in [0.1, 0.15) is 5.69 Å². The largest absolute Gasteiger partial charge is 0.378 e. The average molecular weight is 443 g/mol. The van der Waals surface area contributed by atoms with Gasteiger partial charge in [0.05, 0.1) is 11.2 Å². The number of anilines is 1. The molecule has 0 aliphatic heterocycles. The summed E-state index contributed by atoms with van der Waals surface area (Å²) < 4.78 is 5.91. The molecule has 0 aliphatic rings. The van der Waals surface area contributed by atoms with Gasteiger partial charge in [-0.1, -0.05) is 64.8 Å². The van der Waals surface area contributed by atoms with Crippen molar-refractivity contribution in [1.29, 1.82) is 0 Å². The number of halogens is 2. The number of hydrogen-bond donors (Lipinski definition) is 2. The fourth-order valence-corrected chi connectivity index (χ4v) is 3.05. The normalized spacial score (nSPS) is 11.1. The van der Waals surface area contributed by atoms with Crippen molar-refractivity contribution in [3.8, 4) is 17.1 Å². The van der Waals surface area contributed by atoms with Crippen LogP contribution in [0.1, 0.15) is 16.1 Å². The van der Waals surface area contributed by atoms with E-state index < -0.39 is 5.91 Å². The van der Waals surface area contributed by atoms with Crippen molar-refractivity contribution in [1.82, 2.24) is 30.7 Å². The lowest BCUT2D eigenvalue weighted by atomic mass is 10.1. The Labute approximate surface area is 179 Å². The number of benzene rings is 2. The Bertz CT molecular complexity index is 1240. The molecule has 3 N–H and O–H groups in total. The Hall–Kier alpha value is -3.76. The monoisotopic (exact) mass is 442 g/mol. The molecule has 0 radical (unpaired) electrons. The van der Waals surface area contributed by atoms with Crippen molar-refractivity contribution >= 4 is 41.1 Å². The van der Waals surface area contributed by atoms with Crippen LogP contribution in [0.5, 0.6) is 0 Å². The number of nitrogens with two attached hydrogens (primary N) is 1. The Balaban J connectivity index is 1.67. The predicted octanol–water partition coefficient (Wildman–Crippen LogP) is 2.97. The highest BCUT2D eigenvalue weighted by atomic mass is 35.5. The molecule has 4 rings (SSSR count). The molecule has 30 heavy (non-hydrogen) atoms. The van der Waals surface area contributed by atoms with Crippen molar-refractivity contribution < 1.29 is 9.42 Å². The summed E-state index contributed by atoms with van der Waals surface area (Å²) in [5.41, 5.74) is 9.75. The second-order valence-electron chi connectivity index (χ2n) is 5.90. The SMILES string of the molecule is Nc1nonc1-n1nnc(C(=O)N/N=C/c2ccc(Cl)cc2Cl)c1-c1ccccc1. The van der Waals surface area contributed by atoms with E-state index in [1.807, 2.05) is 6.07 Å². The molecule has 2 aromatic carbocycles. The molecule has 2 aromatic heterocycles. The third kappa shape index (κ3) is 3.86. The first kappa shape index (κ1) is 19.6. The molecule has 0 saturated heterocycles. The summed E-state index contributed by atoms with van der Waals surface area (Å²) in [5.74, 6) is -0.493. The van der Waals surface area contributed by atoms with E-state index in [1.54, 1.807) is 42.5 Å². The van der Waals surface area contributed by atoms with E-state index >= 15 is 0 Å². The molecule has 2 heterocycles. The third-order valence-electron chi connectivity index (χ3n) is 3.96. The highest BCUT2D eigenvalue weighted by molar-refractivity contribution is 6.36. The number of nitrogen functional groups attached to an aromatic ring is 1. The topological polar surface area (TPSA) is 137 Å². The van der Waals surface area contributed by atoms with Crippen molar-refractivity contribution in [2.24, 2.45) is 5.10 Å². The summed E-state index contributed by atoms with van der Waals surface area (Å²) in [6, 6.07) is 13.9. The maximum atomic E-state index is 12.8. The van der Waals surface area contributed by atoms with Crippen LogP contribution < -0.4 is 11.2 Å². The number of rotatable bonds is 5. The van der Waals surface area contributed by atoms with Gasteiger partial charge in [0.15, 0.2) is 5.69 Å². The van der Waals surface area contributed by atoms with Gasteiger partial charge in [-0.25, -0.2) is 10.1 Å². The molecule has 0 bridgehead atoms. The summed E-state index contributed by atoms with van der Waals surface area (Å²) in [6.45, 7) is 0. The van der Waals surface area contributed by atoms with Crippen molar-refractivity contribution in [3.63, 3.8) is 0 Å². The van der Waals surface area contributed by atoms with Crippen LogP contribution in [0.4, 0.5) is 5.82 Å². The van der Waals surface area contributed by atoms with E-state index in [9.17, 15) is 4.79 Å². The second kappa shape index (κ2) is 8.31. The van der Waals surface area contributed by atoms with Crippen LogP contribution in [0, 0.1) is 0 Å². The molecular weight excluding hydrogens is 431 g/mol. The first-order valence-corrected chi connectivity index (χ1v) is 9.18. The number of nitrogens with one attached hydrogen (secondary N) is 1. The Morgan fingerprint density at radius 1 is 1.17 bits per heavy atom. The molecule has 0 unspecified atom stereocenters. The number of carbonyl (C=O) groups excluding carboxylic acids is 1. The third-order valence-corrected chi connectivity index (χ3v) is 4.52. The molecule has 10 nitrogen and oxygen atoms in total. The van der Waals surface area contributed by atoms with E-state index in [0.717, 1.165) is 0 Å². The van der Waals surface area contributed by atoms with Crippen LogP contribution in [0.3, 0.4) is 0 Å². The second-order valence-corrected chi connectivity index (χ2v) is 6.75. The zero-order valence-electron chi connectivity index (χ0n) is 15.0. The standard InChI is InChI=1S/C18H12Cl2N8O2/c19-12-7-6-11(13(20)8-12)9-22-24-18(29)14-15(10-4-2-1-3-5-10)28(27-23-14)17-16(21)25-30-26-17/h1-9H,(H2,21,25)(H,24,29)/b22-9+. The van der Waals surface area contributed by atoms with Crippen LogP contribution in [-0.4, -0.2) is 37.4 Å².